The van der Waals surface area contributed by atoms with Gasteiger partial charge in [-0.2, -0.15) is 0 Å². The maximum atomic E-state index is 4.32. The first-order valence-corrected chi connectivity index (χ1v) is 8.11. The molecular weight excluding hydrogens is 260 g/mol. The van der Waals surface area contributed by atoms with Crippen molar-refractivity contribution < 1.29 is 0 Å². The minimum absolute atomic E-state index is 0.630. The van der Waals surface area contributed by atoms with Crippen LogP contribution in [0.5, 0.6) is 0 Å². The van der Waals surface area contributed by atoms with Gasteiger partial charge in [0.25, 0.3) is 0 Å². The number of hydrogen-bond acceptors (Lipinski definition) is 3. The minimum atomic E-state index is 0.630. The number of nitrogens with one attached hydrogen (secondary N) is 1. The largest absolute Gasteiger partial charge is 0.385 e. The zero-order valence-electron chi connectivity index (χ0n) is 12.5. The molecule has 4 heteroatoms. The molecular formula is C17H24N4. The Morgan fingerprint density at radius 3 is 2.71 bits per heavy atom. The monoisotopic (exact) mass is 284 g/mol. The maximum absolute atomic E-state index is 4.32. The molecule has 1 saturated carbocycles. The first kappa shape index (κ1) is 14.1. The van der Waals surface area contributed by atoms with Crippen LogP contribution in [-0.2, 0) is 6.42 Å². The van der Waals surface area contributed by atoms with Crippen LogP contribution >= 0.6 is 0 Å². The van der Waals surface area contributed by atoms with Gasteiger partial charge in [0.15, 0.2) is 0 Å². The molecule has 112 valence electrons. The Balaban J connectivity index is 1.48. The Morgan fingerprint density at radius 1 is 1.10 bits per heavy atom. The Labute approximate surface area is 126 Å². The van der Waals surface area contributed by atoms with Crippen LogP contribution in [-0.4, -0.2) is 21.3 Å². The second-order valence-electron chi connectivity index (χ2n) is 5.84. The summed E-state index contributed by atoms with van der Waals surface area (Å²) in [7, 11) is 0. The van der Waals surface area contributed by atoms with Crippen LogP contribution in [0.1, 0.15) is 50.4 Å². The third-order valence-electron chi connectivity index (χ3n) is 4.30. The number of benzene rings is 1. The molecule has 2 aromatic rings. The number of anilines is 1. The predicted octanol–water partition coefficient (Wildman–Crippen LogP) is 3.83. The smallest absolute Gasteiger partial charge is 0.133 e. The average molecular weight is 284 g/mol. The highest BCUT2D eigenvalue weighted by Crippen LogP contribution is 2.28. The van der Waals surface area contributed by atoms with Gasteiger partial charge in [-0.15, -0.1) is 10.2 Å². The van der Waals surface area contributed by atoms with Crippen molar-refractivity contribution >= 4 is 5.69 Å². The number of para-hydroxylation sites is 1. The predicted molar refractivity (Wildman–Crippen MR) is 85.4 cm³/mol. The topological polar surface area (TPSA) is 42.7 Å². The van der Waals surface area contributed by atoms with Gasteiger partial charge in [0.1, 0.15) is 12.2 Å². The van der Waals surface area contributed by atoms with Crippen molar-refractivity contribution in [2.45, 2.75) is 51.0 Å². The van der Waals surface area contributed by atoms with Crippen molar-refractivity contribution in [3.63, 3.8) is 0 Å². The first-order chi connectivity index (χ1) is 10.4. The van der Waals surface area contributed by atoms with Gasteiger partial charge in [0.2, 0.25) is 0 Å². The lowest BCUT2D eigenvalue weighted by Gasteiger charge is -2.24. The number of rotatable bonds is 6. The molecule has 1 heterocycles. The van der Waals surface area contributed by atoms with Crippen molar-refractivity contribution in [3.8, 4) is 0 Å². The summed E-state index contributed by atoms with van der Waals surface area (Å²) in [6.07, 6.45) is 10.7. The van der Waals surface area contributed by atoms with Crippen LogP contribution in [0.2, 0.25) is 0 Å². The van der Waals surface area contributed by atoms with E-state index >= 15 is 0 Å². The van der Waals surface area contributed by atoms with Gasteiger partial charge in [0, 0.05) is 24.7 Å². The highest BCUT2D eigenvalue weighted by Gasteiger charge is 2.17. The van der Waals surface area contributed by atoms with Crippen molar-refractivity contribution in [2.75, 3.05) is 11.9 Å². The minimum Gasteiger partial charge on any atom is -0.385 e. The van der Waals surface area contributed by atoms with Crippen molar-refractivity contribution in [3.05, 3.63) is 42.5 Å². The quantitative estimate of drug-likeness (QED) is 0.820. The Hall–Kier alpha value is -1.84. The summed E-state index contributed by atoms with van der Waals surface area (Å²) in [5.41, 5.74) is 1.19. The Morgan fingerprint density at radius 2 is 1.90 bits per heavy atom. The first-order valence-electron chi connectivity index (χ1n) is 8.11. The van der Waals surface area contributed by atoms with E-state index in [1.54, 1.807) is 0 Å². The number of aryl methyl sites for hydroxylation is 1. The van der Waals surface area contributed by atoms with Gasteiger partial charge in [-0.05, 0) is 31.4 Å². The molecule has 4 nitrogen and oxygen atoms in total. The second kappa shape index (κ2) is 7.25. The lowest BCUT2D eigenvalue weighted by molar-refractivity contribution is 0.344. The normalized spacial score (nSPS) is 16.0. The van der Waals surface area contributed by atoms with Crippen molar-refractivity contribution in [1.82, 2.24) is 14.8 Å². The lowest BCUT2D eigenvalue weighted by Crippen LogP contribution is -2.15. The molecule has 0 unspecified atom stereocenters. The summed E-state index contributed by atoms with van der Waals surface area (Å²) in [5.74, 6) is 1.15. The fraction of sp³-hybridized carbons (Fsp3) is 0.529. The summed E-state index contributed by atoms with van der Waals surface area (Å²) in [6, 6.07) is 11.0. The van der Waals surface area contributed by atoms with Crippen LogP contribution in [0.15, 0.2) is 36.7 Å². The third-order valence-corrected chi connectivity index (χ3v) is 4.30. The molecule has 0 aliphatic heterocycles. The van der Waals surface area contributed by atoms with Crippen LogP contribution < -0.4 is 5.32 Å². The molecule has 1 aliphatic carbocycles. The lowest BCUT2D eigenvalue weighted by atomic mass is 9.95. The fourth-order valence-corrected chi connectivity index (χ4v) is 3.14. The summed E-state index contributed by atoms with van der Waals surface area (Å²) >= 11 is 0. The van der Waals surface area contributed by atoms with E-state index < -0.39 is 0 Å². The zero-order valence-corrected chi connectivity index (χ0v) is 12.5. The molecule has 1 aromatic carbocycles. The van der Waals surface area contributed by atoms with Crippen LogP contribution in [0.3, 0.4) is 0 Å². The fourth-order valence-electron chi connectivity index (χ4n) is 3.14. The van der Waals surface area contributed by atoms with Crippen molar-refractivity contribution in [1.29, 1.82) is 0 Å². The highest BCUT2D eigenvalue weighted by molar-refractivity contribution is 5.42. The molecule has 1 N–H and O–H groups in total. The molecule has 0 saturated heterocycles. The third kappa shape index (κ3) is 3.84. The second-order valence-corrected chi connectivity index (χ2v) is 5.84. The summed E-state index contributed by atoms with van der Waals surface area (Å²) in [5, 5.41) is 11.9. The molecule has 0 atom stereocenters. The highest BCUT2D eigenvalue weighted by atomic mass is 15.3. The average Bonchev–Trinajstić information content (AvgIpc) is 3.02. The maximum Gasteiger partial charge on any atom is 0.133 e. The summed E-state index contributed by atoms with van der Waals surface area (Å²) in [4.78, 5) is 0. The van der Waals surface area contributed by atoms with Crippen LogP contribution in [0.4, 0.5) is 5.69 Å². The number of nitrogens with zero attached hydrogens (tertiary/aromatic N) is 3. The van der Waals surface area contributed by atoms with Crippen molar-refractivity contribution in [2.24, 2.45) is 0 Å². The van der Waals surface area contributed by atoms with Gasteiger partial charge in [-0.3, -0.25) is 0 Å². The van der Waals surface area contributed by atoms with E-state index in [0.29, 0.717) is 6.04 Å². The molecule has 0 amide bonds. The van der Waals surface area contributed by atoms with Gasteiger partial charge in [-0.1, -0.05) is 37.5 Å². The van der Waals surface area contributed by atoms with Crippen LogP contribution in [0, 0.1) is 0 Å². The molecule has 0 radical (unpaired) electrons. The Bertz CT molecular complexity index is 529. The molecule has 0 bridgehead atoms. The zero-order chi connectivity index (χ0) is 14.3. The molecule has 1 aliphatic rings. The molecule has 0 spiro atoms. The Kier molecular flexibility index (Phi) is 4.87. The van der Waals surface area contributed by atoms with E-state index in [-0.39, 0.29) is 0 Å². The number of hydrogen-bond donors (Lipinski definition) is 1. The van der Waals surface area contributed by atoms with E-state index in [9.17, 15) is 0 Å². The van der Waals surface area contributed by atoms with Gasteiger partial charge in [0.05, 0.1) is 0 Å². The standard InChI is InChI=1S/C17H24N4/c1-3-8-15(9-4-1)18-13-7-12-17-20-19-14-21(17)16-10-5-2-6-11-16/h1,3-4,8-9,14,16,18H,2,5-7,10-13H2. The van der Waals surface area contributed by atoms with E-state index in [1.165, 1.54) is 37.8 Å². The van der Waals surface area contributed by atoms with E-state index in [2.05, 4.69) is 44.3 Å². The van der Waals surface area contributed by atoms with Gasteiger partial charge >= 0.3 is 0 Å². The van der Waals surface area contributed by atoms with E-state index in [4.69, 9.17) is 0 Å². The van der Waals surface area contributed by atoms with Gasteiger partial charge < -0.3 is 9.88 Å². The van der Waals surface area contributed by atoms with Crippen LogP contribution in [0.25, 0.3) is 0 Å². The van der Waals surface area contributed by atoms with E-state index in [0.717, 1.165) is 25.2 Å². The number of aromatic nitrogens is 3. The summed E-state index contributed by atoms with van der Waals surface area (Å²) in [6.45, 7) is 0.974. The SMILES string of the molecule is c1ccc(NCCCc2nncn2C2CCCCC2)cc1. The summed E-state index contributed by atoms with van der Waals surface area (Å²) < 4.78 is 2.32. The van der Waals surface area contributed by atoms with E-state index in [1.807, 2.05) is 12.4 Å². The molecule has 21 heavy (non-hydrogen) atoms. The molecule has 1 aromatic heterocycles. The van der Waals surface area contributed by atoms with Gasteiger partial charge in [-0.25, -0.2) is 0 Å². The molecule has 1 fully saturated rings. The molecule has 3 rings (SSSR count).